The van der Waals surface area contributed by atoms with Crippen LogP contribution in [0.5, 0.6) is 0 Å². The van der Waals surface area contributed by atoms with Gasteiger partial charge in [-0.25, -0.2) is 0 Å². The lowest BCUT2D eigenvalue weighted by Gasteiger charge is -2.00. The molecule has 0 unspecified atom stereocenters. The third-order valence-electron chi connectivity index (χ3n) is 2.60. The quantitative estimate of drug-likeness (QED) is 0.643. The second-order valence-corrected chi connectivity index (χ2v) is 4.59. The summed E-state index contributed by atoms with van der Waals surface area (Å²) in [7, 11) is 1.82. The molecule has 0 aliphatic heterocycles. The average molecular weight is 309 g/mol. The third-order valence-corrected chi connectivity index (χ3v) is 3.21. The minimum atomic E-state index is -0.0672. The van der Waals surface area contributed by atoms with Crippen molar-refractivity contribution in [2.45, 2.75) is 13.5 Å². The Morgan fingerprint density at radius 3 is 2.89 bits per heavy atom. The van der Waals surface area contributed by atoms with Crippen LogP contribution in [-0.2, 0) is 13.6 Å². The lowest BCUT2D eigenvalue weighted by molar-refractivity contribution is 0.103. The Labute approximate surface area is 113 Å². The number of rotatable bonds is 4. The van der Waals surface area contributed by atoms with Crippen molar-refractivity contribution in [3.05, 3.63) is 40.4 Å². The molecule has 0 saturated carbocycles. The van der Waals surface area contributed by atoms with Gasteiger partial charge in [0.15, 0.2) is 0 Å². The van der Waals surface area contributed by atoms with Gasteiger partial charge in [-0.05, 0) is 41.1 Å². The molecule has 18 heavy (non-hydrogen) atoms. The van der Waals surface area contributed by atoms with Gasteiger partial charge in [-0.15, -0.1) is 0 Å². The molecule has 5 nitrogen and oxygen atoms in total. The first kappa shape index (κ1) is 12.8. The van der Waals surface area contributed by atoms with Crippen LogP contribution >= 0.6 is 15.9 Å². The summed E-state index contributed by atoms with van der Waals surface area (Å²) in [5.41, 5.74) is 1.44. The van der Waals surface area contributed by atoms with Crippen molar-refractivity contribution >= 4 is 27.8 Å². The largest absolute Gasteiger partial charge is 0.288 e. The van der Waals surface area contributed by atoms with Crippen LogP contribution < -0.4 is 0 Å². The lowest BCUT2D eigenvalue weighted by Crippen LogP contribution is -2.07. The molecule has 94 valence electrons. The van der Waals surface area contributed by atoms with Gasteiger partial charge < -0.3 is 0 Å². The Balaban J connectivity index is 2.22. The molecule has 0 fully saturated rings. The molecule has 0 radical (unpaired) electrons. The summed E-state index contributed by atoms with van der Waals surface area (Å²) in [5, 5.41) is 8.15. The molecule has 0 N–H and O–H groups in total. The standard InChI is InChI=1S/C12H13BrN4O/c1-3-17-11(6-7-14-17)12(18)5-4-10-9(13)8-15-16(10)2/h4-8H,3H2,1-2H3/b5-4+. The number of hydrogen-bond donors (Lipinski definition) is 0. The van der Waals surface area contributed by atoms with Crippen molar-refractivity contribution in [3.63, 3.8) is 0 Å². The van der Waals surface area contributed by atoms with Crippen molar-refractivity contribution in [2.24, 2.45) is 7.05 Å². The van der Waals surface area contributed by atoms with Crippen LogP contribution in [0.2, 0.25) is 0 Å². The number of nitrogens with zero attached hydrogens (tertiary/aromatic N) is 4. The molecule has 0 saturated heterocycles. The molecule has 0 aliphatic carbocycles. The maximum atomic E-state index is 12.0. The number of hydrogen-bond acceptors (Lipinski definition) is 3. The summed E-state index contributed by atoms with van der Waals surface area (Å²) in [6, 6.07) is 1.72. The minimum absolute atomic E-state index is 0.0672. The first-order chi connectivity index (χ1) is 8.63. The van der Waals surface area contributed by atoms with Gasteiger partial charge in [0.25, 0.3) is 0 Å². The number of aromatic nitrogens is 4. The molecule has 2 aromatic heterocycles. The number of ketones is 1. The number of allylic oxidation sites excluding steroid dienone is 1. The topological polar surface area (TPSA) is 52.7 Å². The smallest absolute Gasteiger partial charge is 0.203 e. The van der Waals surface area contributed by atoms with Crippen molar-refractivity contribution < 1.29 is 4.79 Å². The van der Waals surface area contributed by atoms with Crippen LogP contribution in [0, 0.1) is 0 Å². The van der Waals surface area contributed by atoms with Gasteiger partial charge in [0.05, 0.1) is 16.4 Å². The van der Waals surface area contributed by atoms with E-state index in [-0.39, 0.29) is 5.78 Å². The highest BCUT2D eigenvalue weighted by Gasteiger charge is 2.08. The summed E-state index contributed by atoms with van der Waals surface area (Å²) in [4.78, 5) is 12.0. The highest BCUT2D eigenvalue weighted by atomic mass is 79.9. The fraction of sp³-hybridized carbons (Fsp3) is 0.250. The average Bonchev–Trinajstić information content (AvgIpc) is 2.94. The van der Waals surface area contributed by atoms with Crippen molar-refractivity contribution in [3.8, 4) is 0 Å². The van der Waals surface area contributed by atoms with E-state index in [1.807, 2.05) is 14.0 Å². The molecular formula is C12H13BrN4O. The van der Waals surface area contributed by atoms with E-state index in [1.165, 1.54) is 6.08 Å². The zero-order valence-corrected chi connectivity index (χ0v) is 11.8. The van der Waals surface area contributed by atoms with E-state index in [2.05, 4.69) is 26.1 Å². The molecule has 0 bridgehead atoms. The fourth-order valence-electron chi connectivity index (χ4n) is 1.64. The van der Waals surface area contributed by atoms with E-state index in [1.54, 1.807) is 33.9 Å². The number of carbonyl (C=O) groups is 1. The molecule has 2 rings (SSSR count). The van der Waals surface area contributed by atoms with Gasteiger partial charge in [-0.1, -0.05) is 0 Å². The Morgan fingerprint density at radius 2 is 2.28 bits per heavy atom. The van der Waals surface area contributed by atoms with E-state index in [0.717, 1.165) is 10.2 Å². The molecule has 2 heterocycles. The normalized spacial score (nSPS) is 11.3. The minimum Gasteiger partial charge on any atom is -0.288 e. The number of carbonyl (C=O) groups excluding carboxylic acids is 1. The molecule has 0 spiro atoms. The summed E-state index contributed by atoms with van der Waals surface area (Å²) < 4.78 is 4.23. The van der Waals surface area contributed by atoms with Crippen molar-refractivity contribution in [1.29, 1.82) is 0 Å². The van der Waals surface area contributed by atoms with Crippen LogP contribution in [0.1, 0.15) is 23.1 Å². The first-order valence-electron chi connectivity index (χ1n) is 5.55. The molecule has 0 aromatic carbocycles. The Kier molecular flexibility index (Phi) is 3.76. The van der Waals surface area contributed by atoms with Gasteiger partial charge in [-0.2, -0.15) is 10.2 Å². The maximum Gasteiger partial charge on any atom is 0.203 e. The van der Waals surface area contributed by atoms with Gasteiger partial charge in [0, 0.05) is 19.8 Å². The van der Waals surface area contributed by atoms with Crippen LogP contribution in [0.25, 0.3) is 6.08 Å². The van der Waals surface area contributed by atoms with Crippen LogP contribution in [0.4, 0.5) is 0 Å². The summed E-state index contributed by atoms with van der Waals surface area (Å²) in [6.45, 7) is 2.63. The Bertz CT molecular complexity index is 577. The predicted molar refractivity (Wildman–Crippen MR) is 72.2 cm³/mol. The van der Waals surface area contributed by atoms with Crippen LogP contribution in [0.3, 0.4) is 0 Å². The van der Waals surface area contributed by atoms with Gasteiger partial charge >= 0.3 is 0 Å². The lowest BCUT2D eigenvalue weighted by atomic mass is 10.2. The summed E-state index contributed by atoms with van der Waals surface area (Å²) >= 11 is 3.38. The molecule has 0 atom stereocenters. The van der Waals surface area contributed by atoms with Gasteiger partial charge in [0.1, 0.15) is 5.69 Å². The highest BCUT2D eigenvalue weighted by Crippen LogP contribution is 2.16. The molecule has 0 amide bonds. The Hall–Kier alpha value is -1.69. The maximum absolute atomic E-state index is 12.0. The second kappa shape index (κ2) is 5.30. The SMILES string of the molecule is CCn1nccc1C(=O)/C=C/c1c(Br)cnn1C. The number of aryl methyl sites for hydroxylation is 2. The molecular weight excluding hydrogens is 296 g/mol. The third kappa shape index (κ3) is 2.43. The Morgan fingerprint density at radius 1 is 1.50 bits per heavy atom. The second-order valence-electron chi connectivity index (χ2n) is 3.73. The molecule has 2 aromatic rings. The molecule has 0 aliphatic rings. The van der Waals surface area contributed by atoms with E-state index in [0.29, 0.717) is 12.2 Å². The van der Waals surface area contributed by atoms with Crippen molar-refractivity contribution in [2.75, 3.05) is 0 Å². The van der Waals surface area contributed by atoms with Crippen LogP contribution in [-0.4, -0.2) is 25.3 Å². The monoisotopic (exact) mass is 308 g/mol. The van der Waals surface area contributed by atoms with Crippen molar-refractivity contribution in [1.82, 2.24) is 19.6 Å². The number of halogens is 1. The zero-order valence-electron chi connectivity index (χ0n) is 10.2. The van der Waals surface area contributed by atoms with E-state index in [4.69, 9.17) is 0 Å². The summed E-state index contributed by atoms with van der Waals surface area (Å²) in [6.07, 6.45) is 6.60. The van der Waals surface area contributed by atoms with Crippen LogP contribution in [0.15, 0.2) is 29.0 Å². The predicted octanol–water partition coefficient (Wildman–Crippen LogP) is 2.30. The van der Waals surface area contributed by atoms with E-state index in [9.17, 15) is 4.79 Å². The van der Waals surface area contributed by atoms with E-state index >= 15 is 0 Å². The van der Waals surface area contributed by atoms with Gasteiger partial charge in [-0.3, -0.25) is 14.2 Å². The zero-order chi connectivity index (χ0) is 13.1. The van der Waals surface area contributed by atoms with Gasteiger partial charge in [0.2, 0.25) is 5.78 Å². The molecule has 6 heteroatoms. The fourth-order valence-corrected chi connectivity index (χ4v) is 2.12. The highest BCUT2D eigenvalue weighted by molar-refractivity contribution is 9.10. The summed E-state index contributed by atoms with van der Waals surface area (Å²) in [5.74, 6) is -0.0672. The van der Waals surface area contributed by atoms with E-state index < -0.39 is 0 Å². The first-order valence-corrected chi connectivity index (χ1v) is 6.34.